The van der Waals surface area contributed by atoms with Crippen LogP contribution in [0.3, 0.4) is 0 Å². The molecule has 100 valence electrons. The molecule has 3 nitrogen and oxygen atoms in total. The largest absolute Gasteiger partial charge is 0.385 e. The van der Waals surface area contributed by atoms with Crippen molar-refractivity contribution >= 4 is 16.6 Å². The third-order valence-corrected chi connectivity index (χ3v) is 5.19. The zero-order valence-corrected chi connectivity index (χ0v) is 11.9. The highest BCUT2D eigenvalue weighted by Crippen LogP contribution is 2.71. The second-order valence-corrected chi connectivity index (χ2v) is 6.68. The Hall–Kier alpha value is -1.77. The normalized spacial score (nSPS) is 20.6. The van der Waals surface area contributed by atoms with Gasteiger partial charge in [-0.25, -0.2) is 0 Å². The van der Waals surface area contributed by atoms with Gasteiger partial charge in [-0.2, -0.15) is 0 Å². The minimum atomic E-state index is 0.0271. The molecule has 1 fully saturated rings. The zero-order chi connectivity index (χ0) is 14.0. The Morgan fingerprint density at radius 3 is 2.26 bits per heavy atom. The Bertz CT molecular complexity index is 711. The van der Waals surface area contributed by atoms with E-state index in [1.807, 2.05) is 30.3 Å². The van der Waals surface area contributed by atoms with Crippen molar-refractivity contribution in [1.29, 1.82) is 0 Å². The number of rotatable bonds is 1. The number of pyridine rings is 1. The maximum Gasteiger partial charge on any atom is 0.260 e. The van der Waals surface area contributed by atoms with Gasteiger partial charge in [0.15, 0.2) is 0 Å². The van der Waals surface area contributed by atoms with Gasteiger partial charge in [0.1, 0.15) is 5.82 Å². The summed E-state index contributed by atoms with van der Waals surface area (Å²) >= 11 is 0. The summed E-state index contributed by atoms with van der Waals surface area (Å²) < 4.78 is 1.78. The van der Waals surface area contributed by atoms with Crippen LogP contribution in [0.1, 0.15) is 33.7 Å². The fourth-order valence-corrected chi connectivity index (χ4v) is 3.37. The Morgan fingerprint density at radius 2 is 1.68 bits per heavy atom. The second-order valence-electron chi connectivity index (χ2n) is 6.68. The van der Waals surface area contributed by atoms with Crippen molar-refractivity contribution in [2.24, 2.45) is 10.8 Å². The lowest BCUT2D eigenvalue weighted by Crippen LogP contribution is -2.24. The number of aromatic nitrogens is 1. The van der Waals surface area contributed by atoms with Gasteiger partial charge in [0, 0.05) is 11.4 Å². The zero-order valence-electron chi connectivity index (χ0n) is 11.9. The van der Waals surface area contributed by atoms with E-state index >= 15 is 0 Å². The van der Waals surface area contributed by atoms with Gasteiger partial charge in [-0.05, 0) is 28.3 Å². The van der Waals surface area contributed by atoms with Crippen LogP contribution in [0.5, 0.6) is 0 Å². The molecule has 2 aromatic rings. The van der Waals surface area contributed by atoms with Crippen LogP contribution in [0.4, 0.5) is 5.82 Å². The standard InChI is InChI=1S/C16H20N2O/c1-15(2)14(16(15,3)4)18-12(17)9-10-7-5-6-8-11(10)13(18)19/h5-9,14H,17H2,1-4H3. The van der Waals surface area contributed by atoms with E-state index in [1.165, 1.54) is 0 Å². The molecule has 0 radical (unpaired) electrons. The van der Waals surface area contributed by atoms with E-state index in [4.69, 9.17) is 5.73 Å². The summed E-state index contributed by atoms with van der Waals surface area (Å²) in [7, 11) is 0. The lowest BCUT2D eigenvalue weighted by atomic mass is 10.0. The lowest BCUT2D eigenvalue weighted by Gasteiger charge is -2.13. The number of anilines is 1. The first-order chi connectivity index (χ1) is 8.78. The average molecular weight is 256 g/mol. The molecular weight excluding hydrogens is 236 g/mol. The van der Waals surface area contributed by atoms with Crippen LogP contribution in [-0.2, 0) is 0 Å². The van der Waals surface area contributed by atoms with E-state index < -0.39 is 0 Å². The molecule has 0 spiro atoms. The van der Waals surface area contributed by atoms with Crippen molar-refractivity contribution in [2.45, 2.75) is 33.7 Å². The Balaban J connectivity index is 2.30. The lowest BCUT2D eigenvalue weighted by molar-refractivity contribution is 0.457. The third kappa shape index (κ3) is 1.41. The SMILES string of the molecule is CC1(C)C(n2c(N)cc3ccccc3c2=O)C1(C)C. The molecule has 0 amide bonds. The smallest absolute Gasteiger partial charge is 0.260 e. The van der Waals surface area contributed by atoms with E-state index in [-0.39, 0.29) is 22.4 Å². The summed E-state index contributed by atoms with van der Waals surface area (Å²) in [5, 5.41) is 1.66. The van der Waals surface area contributed by atoms with Crippen molar-refractivity contribution in [3.05, 3.63) is 40.7 Å². The van der Waals surface area contributed by atoms with Gasteiger partial charge in [0.25, 0.3) is 5.56 Å². The first-order valence-corrected chi connectivity index (χ1v) is 6.68. The molecule has 1 aliphatic carbocycles. The van der Waals surface area contributed by atoms with Crippen molar-refractivity contribution in [1.82, 2.24) is 4.57 Å². The Morgan fingerprint density at radius 1 is 1.11 bits per heavy atom. The predicted molar refractivity (Wildman–Crippen MR) is 79.2 cm³/mol. The summed E-state index contributed by atoms with van der Waals surface area (Å²) in [5.41, 5.74) is 6.34. The summed E-state index contributed by atoms with van der Waals surface area (Å²) in [4.78, 5) is 12.7. The van der Waals surface area contributed by atoms with Gasteiger partial charge < -0.3 is 5.73 Å². The van der Waals surface area contributed by atoms with Gasteiger partial charge in [-0.1, -0.05) is 45.9 Å². The number of fused-ring (bicyclic) bond motifs is 1. The molecule has 1 aromatic heterocycles. The highest BCUT2D eigenvalue weighted by molar-refractivity contribution is 5.83. The monoisotopic (exact) mass is 256 g/mol. The fraction of sp³-hybridized carbons (Fsp3) is 0.438. The summed E-state index contributed by atoms with van der Waals surface area (Å²) in [6.07, 6.45) is 0. The number of nitrogens with zero attached hydrogens (tertiary/aromatic N) is 1. The van der Waals surface area contributed by atoms with Crippen LogP contribution in [0, 0.1) is 10.8 Å². The first kappa shape index (κ1) is 12.3. The molecule has 0 unspecified atom stereocenters. The highest BCUT2D eigenvalue weighted by Gasteiger charge is 2.66. The fourth-order valence-electron chi connectivity index (χ4n) is 3.37. The predicted octanol–water partition coefficient (Wildman–Crippen LogP) is 3.19. The number of hydrogen-bond acceptors (Lipinski definition) is 2. The molecular formula is C16H20N2O. The number of hydrogen-bond donors (Lipinski definition) is 1. The molecule has 1 saturated carbocycles. The molecule has 0 atom stereocenters. The van der Waals surface area contributed by atoms with E-state index in [1.54, 1.807) is 4.57 Å². The summed E-state index contributed by atoms with van der Waals surface area (Å²) in [6.45, 7) is 8.77. The van der Waals surface area contributed by atoms with Gasteiger partial charge >= 0.3 is 0 Å². The molecule has 0 saturated heterocycles. The third-order valence-electron chi connectivity index (χ3n) is 5.19. The van der Waals surface area contributed by atoms with E-state index in [2.05, 4.69) is 27.7 Å². The van der Waals surface area contributed by atoms with E-state index in [0.717, 1.165) is 10.8 Å². The molecule has 0 bridgehead atoms. The van der Waals surface area contributed by atoms with Gasteiger partial charge in [-0.3, -0.25) is 9.36 Å². The quantitative estimate of drug-likeness (QED) is 0.851. The maximum atomic E-state index is 12.7. The van der Waals surface area contributed by atoms with Crippen molar-refractivity contribution in [3.8, 4) is 0 Å². The van der Waals surface area contributed by atoms with Crippen LogP contribution < -0.4 is 11.3 Å². The highest BCUT2D eigenvalue weighted by atomic mass is 16.1. The van der Waals surface area contributed by atoms with Crippen LogP contribution in [-0.4, -0.2) is 4.57 Å². The van der Waals surface area contributed by atoms with Crippen molar-refractivity contribution in [2.75, 3.05) is 5.73 Å². The number of nitrogen functional groups attached to an aromatic ring is 1. The molecule has 1 aliphatic rings. The van der Waals surface area contributed by atoms with Gasteiger partial charge in [-0.15, -0.1) is 0 Å². The van der Waals surface area contributed by atoms with Crippen molar-refractivity contribution < 1.29 is 0 Å². The minimum Gasteiger partial charge on any atom is -0.385 e. The number of nitrogens with two attached hydrogens (primary N) is 1. The Kier molecular flexibility index (Phi) is 2.20. The topological polar surface area (TPSA) is 48.0 Å². The maximum absolute atomic E-state index is 12.7. The molecule has 3 rings (SSSR count). The Labute approximate surface area is 113 Å². The van der Waals surface area contributed by atoms with Crippen molar-refractivity contribution in [3.63, 3.8) is 0 Å². The van der Waals surface area contributed by atoms with Crippen LogP contribution in [0.2, 0.25) is 0 Å². The number of benzene rings is 1. The summed E-state index contributed by atoms with van der Waals surface area (Å²) in [5.74, 6) is 0.562. The van der Waals surface area contributed by atoms with Gasteiger partial charge in [0.2, 0.25) is 0 Å². The molecule has 1 aromatic carbocycles. The molecule has 1 heterocycles. The molecule has 19 heavy (non-hydrogen) atoms. The van der Waals surface area contributed by atoms with E-state index in [0.29, 0.717) is 5.82 Å². The first-order valence-electron chi connectivity index (χ1n) is 6.68. The van der Waals surface area contributed by atoms with E-state index in [9.17, 15) is 4.79 Å². The average Bonchev–Trinajstić information content (AvgIpc) is 2.72. The van der Waals surface area contributed by atoms with Crippen LogP contribution >= 0.6 is 0 Å². The molecule has 3 heteroatoms. The molecule has 0 aliphatic heterocycles. The van der Waals surface area contributed by atoms with Crippen LogP contribution in [0.25, 0.3) is 10.8 Å². The minimum absolute atomic E-state index is 0.0271. The van der Waals surface area contributed by atoms with Gasteiger partial charge in [0.05, 0.1) is 0 Å². The van der Waals surface area contributed by atoms with Crippen LogP contribution in [0.15, 0.2) is 35.1 Å². The molecule has 2 N–H and O–H groups in total. The summed E-state index contributed by atoms with van der Waals surface area (Å²) in [6, 6.07) is 9.69. The second kappa shape index (κ2) is 3.41.